The van der Waals surface area contributed by atoms with Gasteiger partial charge in [-0.15, -0.1) is 0 Å². The number of benzene rings is 2. The van der Waals surface area contributed by atoms with Crippen molar-refractivity contribution < 1.29 is 17.9 Å². The van der Waals surface area contributed by atoms with Crippen molar-refractivity contribution in [3.8, 4) is 0 Å². The van der Waals surface area contributed by atoms with E-state index in [4.69, 9.17) is 9.88 Å². The molecule has 3 aromatic rings. The predicted molar refractivity (Wildman–Crippen MR) is 113 cm³/mol. The highest BCUT2D eigenvalue weighted by Gasteiger charge is 2.13. The molecule has 3 rings (SSSR count). The van der Waals surface area contributed by atoms with Gasteiger partial charge in [0.15, 0.2) is 4.80 Å². The van der Waals surface area contributed by atoms with Crippen LogP contribution in [0.4, 0.5) is 0 Å². The molecule has 0 radical (unpaired) electrons. The van der Waals surface area contributed by atoms with Gasteiger partial charge in [-0.05, 0) is 43.2 Å². The number of primary sulfonamides is 1. The van der Waals surface area contributed by atoms with Crippen LogP contribution in [0.3, 0.4) is 0 Å². The Morgan fingerprint density at radius 2 is 1.97 bits per heavy atom. The van der Waals surface area contributed by atoms with Crippen LogP contribution in [0.2, 0.25) is 0 Å². The second-order valence-electron chi connectivity index (χ2n) is 6.82. The molecule has 1 aromatic heterocycles. The quantitative estimate of drug-likeness (QED) is 0.644. The van der Waals surface area contributed by atoms with Crippen LogP contribution < -0.4 is 9.94 Å². The molecule has 9 heteroatoms. The number of methoxy groups -OCH3 is 1. The summed E-state index contributed by atoms with van der Waals surface area (Å²) in [4.78, 5) is 17.5. The molecule has 0 fully saturated rings. The molecule has 2 aromatic carbocycles. The number of fused-ring (bicyclic) bond motifs is 1. The van der Waals surface area contributed by atoms with E-state index in [0.717, 1.165) is 22.2 Å². The van der Waals surface area contributed by atoms with Crippen LogP contribution in [-0.2, 0) is 32.5 Å². The number of hydrogen-bond acceptors (Lipinski definition) is 5. The second-order valence-corrected chi connectivity index (χ2v) is 9.39. The maximum atomic E-state index is 12.6. The highest BCUT2D eigenvalue weighted by atomic mass is 32.2. The van der Waals surface area contributed by atoms with Crippen LogP contribution in [0.5, 0.6) is 0 Å². The number of aromatic nitrogens is 1. The molecule has 154 valence electrons. The van der Waals surface area contributed by atoms with Gasteiger partial charge in [0.1, 0.15) is 0 Å². The molecule has 7 nitrogen and oxygen atoms in total. The molecule has 0 aliphatic rings. The number of thiazole rings is 1. The second kappa shape index (κ2) is 8.58. The first-order valence-electron chi connectivity index (χ1n) is 8.98. The zero-order valence-electron chi connectivity index (χ0n) is 16.5. The summed E-state index contributed by atoms with van der Waals surface area (Å²) in [6, 6.07) is 10.6. The third-order valence-electron chi connectivity index (χ3n) is 4.56. The van der Waals surface area contributed by atoms with E-state index in [9.17, 15) is 13.2 Å². The van der Waals surface area contributed by atoms with Gasteiger partial charge in [0, 0.05) is 13.7 Å². The number of carbonyl (C=O) groups excluding carboxylic acids is 1. The minimum absolute atomic E-state index is 0.0262. The van der Waals surface area contributed by atoms with Gasteiger partial charge >= 0.3 is 0 Å². The van der Waals surface area contributed by atoms with Gasteiger partial charge in [-0.2, -0.15) is 4.99 Å². The van der Waals surface area contributed by atoms with Crippen molar-refractivity contribution in [1.29, 1.82) is 0 Å². The van der Waals surface area contributed by atoms with Gasteiger partial charge < -0.3 is 9.30 Å². The number of aryl methyl sites for hydroxylation is 2. The molecular weight excluding hydrogens is 410 g/mol. The van der Waals surface area contributed by atoms with Crippen LogP contribution in [0, 0.1) is 13.8 Å². The fraction of sp³-hybridized carbons (Fsp3) is 0.300. The van der Waals surface area contributed by atoms with Crippen molar-refractivity contribution >= 4 is 37.5 Å². The summed E-state index contributed by atoms with van der Waals surface area (Å²) in [7, 11) is -2.22. The lowest BCUT2D eigenvalue weighted by Gasteiger charge is -2.06. The van der Waals surface area contributed by atoms with Gasteiger partial charge in [0.05, 0.1) is 28.1 Å². The number of ether oxygens (including phenoxy) is 1. The standard InChI is InChI=1S/C20H23N3O4S2/c1-13-4-5-15(14(2)10-13)11-19(24)22-20-23(8-9-27-3)17-7-6-16(29(21,25)26)12-18(17)28-20/h4-7,10,12H,8-9,11H2,1-3H3,(H2,21,25,26). The van der Waals surface area contributed by atoms with E-state index in [-0.39, 0.29) is 17.2 Å². The van der Waals surface area contributed by atoms with Crippen LogP contribution >= 0.6 is 11.3 Å². The van der Waals surface area contributed by atoms with E-state index in [1.807, 2.05) is 36.6 Å². The maximum absolute atomic E-state index is 12.6. The molecule has 0 spiro atoms. The molecule has 0 atom stereocenters. The summed E-state index contributed by atoms with van der Waals surface area (Å²) in [5, 5.41) is 5.24. The highest BCUT2D eigenvalue weighted by Crippen LogP contribution is 2.21. The Kier molecular flexibility index (Phi) is 6.33. The average Bonchev–Trinajstić information content (AvgIpc) is 2.97. The lowest BCUT2D eigenvalue weighted by atomic mass is 10.0. The fourth-order valence-electron chi connectivity index (χ4n) is 3.07. The number of sulfonamides is 1. The Balaban J connectivity index is 2.04. The van der Waals surface area contributed by atoms with E-state index in [2.05, 4.69) is 4.99 Å². The zero-order chi connectivity index (χ0) is 21.2. The Labute approximate surface area is 173 Å². The van der Waals surface area contributed by atoms with Crippen molar-refractivity contribution in [2.24, 2.45) is 10.1 Å². The zero-order valence-corrected chi connectivity index (χ0v) is 18.1. The van der Waals surface area contributed by atoms with Crippen LogP contribution in [0.1, 0.15) is 16.7 Å². The number of amides is 1. The summed E-state index contributed by atoms with van der Waals surface area (Å²) in [5.41, 5.74) is 3.90. The number of carbonyl (C=O) groups is 1. The largest absolute Gasteiger partial charge is 0.383 e. The van der Waals surface area contributed by atoms with Gasteiger partial charge in [-0.1, -0.05) is 35.1 Å². The van der Waals surface area contributed by atoms with Crippen LogP contribution in [-0.4, -0.2) is 32.6 Å². The Bertz CT molecular complexity index is 1240. The predicted octanol–water partition coefficient (Wildman–Crippen LogP) is 2.28. The lowest BCUT2D eigenvalue weighted by molar-refractivity contribution is -0.117. The third-order valence-corrected chi connectivity index (χ3v) is 6.51. The van der Waals surface area contributed by atoms with Crippen molar-refractivity contribution in [1.82, 2.24) is 4.57 Å². The summed E-state index contributed by atoms with van der Waals surface area (Å²) < 4.78 is 31.0. The van der Waals surface area contributed by atoms with Crippen molar-refractivity contribution in [3.05, 3.63) is 57.9 Å². The molecule has 1 heterocycles. The molecule has 29 heavy (non-hydrogen) atoms. The van der Waals surface area contributed by atoms with Gasteiger partial charge in [0.2, 0.25) is 10.0 Å². The average molecular weight is 434 g/mol. The molecule has 0 saturated carbocycles. The molecule has 0 aliphatic carbocycles. The normalized spacial score (nSPS) is 12.6. The van der Waals surface area contributed by atoms with Crippen LogP contribution in [0.25, 0.3) is 10.2 Å². The topological polar surface area (TPSA) is 104 Å². The summed E-state index contributed by atoms with van der Waals surface area (Å²) >= 11 is 1.25. The smallest absolute Gasteiger partial charge is 0.252 e. The number of rotatable bonds is 6. The van der Waals surface area contributed by atoms with E-state index in [1.165, 1.54) is 23.5 Å². The van der Waals surface area contributed by atoms with E-state index < -0.39 is 10.0 Å². The molecule has 0 unspecified atom stereocenters. The number of nitrogens with zero attached hydrogens (tertiary/aromatic N) is 2. The first-order valence-corrected chi connectivity index (χ1v) is 11.3. The number of hydrogen-bond donors (Lipinski definition) is 1. The Morgan fingerprint density at radius 3 is 2.62 bits per heavy atom. The third kappa shape index (κ3) is 4.99. The first kappa shape index (κ1) is 21.4. The van der Waals surface area contributed by atoms with E-state index >= 15 is 0 Å². The monoisotopic (exact) mass is 433 g/mol. The molecular formula is C20H23N3O4S2. The Morgan fingerprint density at radius 1 is 1.21 bits per heavy atom. The minimum atomic E-state index is -3.81. The molecule has 1 amide bonds. The SMILES string of the molecule is COCCn1c(=NC(=O)Cc2ccc(C)cc2C)sc2cc(S(N)(=O)=O)ccc21. The van der Waals surface area contributed by atoms with Crippen molar-refractivity contribution in [3.63, 3.8) is 0 Å². The van der Waals surface area contributed by atoms with Crippen molar-refractivity contribution in [2.45, 2.75) is 31.7 Å². The van der Waals surface area contributed by atoms with Gasteiger partial charge in [0.25, 0.3) is 5.91 Å². The van der Waals surface area contributed by atoms with Crippen LogP contribution in [0.15, 0.2) is 46.3 Å². The molecule has 0 saturated heterocycles. The lowest BCUT2D eigenvalue weighted by Crippen LogP contribution is -2.20. The van der Waals surface area contributed by atoms with Gasteiger partial charge in [-0.3, -0.25) is 4.79 Å². The maximum Gasteiger partial charge on any atom is 0.252 e. The summed E-state index contributed by atoms with van der Waals surface area (Å²) in [6.07, 6.45) is 0.201. The molecule has 0 bridgehead atoms. The minimum Gasteiger partial charge on any atom is -0.383 e. The van der Waals surface area contributed by atoms with E-state index in [0.29, 0.717) is 22.7 Å². The van der Waals surface area contributed by atoms with Crippen molar-refractivity contribution in [2.75, 3.05) is 13.7 Å². The fourth-order valence-corrected chi connectivity index (χ4v) is 4.79. The highest BCUT2D eigenvalue weighted by molar-refractivity contribution is 7.89. The number of nitrogens with two attached hydrogens (primary N) is 1. The van der Waals surface area contributed by atoms with Gasteiger partial charge in [-0.25, -0.2) is 13.6 Å². The summed E-state index contributed by atoms with van der Waals surface area (Å²) in [5.74, 6) is -0.263. The molecule has 2 N–H and O–H groups in total. The first-order chi connectivity index (χ1) is 13.7. The Hall–Kier alpha value is -2.33. The summed E-state index contributed by atoms with van der Waals surface area (Å²) in [6.45, 7) is 4.90. The molecule has 0 aliphatic heterocycles. The van der Waals surface area contributed by atoms with E-state index in [1.54, 1.807) is 13.2 Å².